The Bertz CT molecular complexity index is 880. The predicted octanol–water partition coefficient (Wildman–Crippen LogP) is 3.97. The van der Waals surface area contributed by atoms with Gasteiger partial charge in [-0.15, -0.1) is 0 Å². The smallest absolute Gasteiger partial charge is 0.190 e. The fourth-order valence-electron chi connectivity index (χ4n) is 5.69. The monoisotopic (exact) mass is 352 g/mol. The molecule has 3 aliphatic carbocycles. The maximum atomic E-state index is 12.4. The van der Waals surface area contributed by atoms with Crippen LogP contribution in [0.1, 0.15) is 63.3 Å². The summed E-state index contributed by atoms with van der Waals surface area (Å²) in [5.41, 5.74) is 2.48. The molecule has 0 N–H and O–H groups in total. The van der Waals surface area contributed by atoms with Crippen LogP contribution in [0, 0.1) is 11.3 Å². The molecule has 1 aromatic heterocycles. The maximum Gasteiger partial charge on any atom is 0.190 e. The molecule has 0 aliphatic heterocycles. The van der Waals surface area contributed by atoms with Gasteiger partial charge in [-0.05, 0) is 54.6 Å². The molecule has 136 valence electrons. The molecule has 1 heterocycles. The molecule has 0 spiro atoms. The van der Waals surface area contributed by atoms with Crippen LogP contribution in [-0.2, 0) is 26.2 Å². The molecule has 4 heteroatoms. The van der Waals surface area contributed by atoms with Gasteiger partial charge in [-0.3, -0.25) is 14.4 Å². The zero-order valence-corrected chi connectivity index (χ0v) is 15.6. The van der Waals surface area contributed by atoms with Crippen molar-refractivity contribution in [1.82, 2.24) is 0 Å². The van der Waals surface area contributed by atoms with E-state index in [0.717, 1.165) is 36.5 Å². The van der Waals surface area contributed by atoms with Crippen LogP contribution >= 0.6 is 0 Å². The highest BCUT2D eigenvalue weighted by molar-refractivity contribution is 6.40. The van der Waals surface area contributed by atoms with Crippen LogP contribution in [0.15, 0.2) is 28.4 Å². The highest BCUT2D eigenvalue weighted by Crippen LogP contribution is 2.58. The van der Waals surface area contributed by atoms with Crippen molar-refractivity contribution >= 4 is 23.4 Å². The van der Waals surface area contributed by atoms with Crippen LogP contribution in [0.2, 0.25) is 0 Å². The zero-order chi connectivity index (χ0) is 18.7. The molecule has 0 aromatic carbocycles. The van der Waals surface area contributed by atoms with Crippen LogP contribution < -0.4 is 0 Å². The number of ketones is 2. The summed E-state index contributed by atoms with van der Waals surface area (Å²) in [5.74, 6) is 0.219. The minimum atomic E-state index is -0.432. The lowest BCUT2D eigenvalue weighted by molar-refractivity contribution is -0.116. The fourth-order valence-corrected chi connectivity index (χ4v) is 5.69. The number of hydrogen-bond acceptors (Lipinski definition) is 4. The Morgan fingerprint density at radius 2 is 1.85 bits per heavy atom. The Morgan fingerprint density at radius 1 is 1.12 bits per heavy atom. The van der Waals surface area contributed by atoms with E-state index in [2.05, 4.69) is 20.8 Å². The van der Waals surface area contributed by atoms with E-state index < -0.39 is 5.78 Å². The van der Waals surface area contributed by atoms with E-state index in [-0.39, 0.29) is 27.8 Å². The van der Waals surface area contributed by atoms with Crippen molar-refractivity contribution in [2.24, 2.45) is 11.3 Å². The summed E-state index contributed by atoms with van der Waals surface area (Å²) in [6.45, 7) is 7.00. The van der Waals surface area contributed by atoms with Gasteiger partial charge >= 0.3 is 0 Å². The zero-order valence-electron chi connectivity index (χ0n) is 15.6. The summed E-state index contributed by atoms with van der Waals surface area (Å²) < 4.78 is 5.87. The molecule has 0 unspecified atom stereocenters. The van der Waals surface area contributed by atoms with E-state index in [1.54, 1.807) is 6.26 Å². The number of carbonyl (C=O) groups is 3. The lowest BCUT2D eigenvalue weighted by Gasteiger charge is -2.53. The number of aldehydes is 1. The lowest BCUT2D eigenvalue weighted by atomic mass is 9.51. The molecular weight excluding hydrogens is 328 g/mol. The Morgan fingerprint density at radius 3 is 2.58 bits per heavy atom. The first kappa shape index (κ1) is 17.2. The second kappa shape index (κ2) is 5.63. The van der Waals surface area contributed by atoms with E-state index >= 15 is 0 Å². The van der Waals surface area contributed by atoms with Gasteiger partial charge in [0.2, 0.25) is 0 Å². The van der Waals surface area contributed by atoms with Crippen LogP contribution in [0.25, 0.3) is 5.57 Å². The van der Waals surface area contributed by atoms with Gasteiger partial charge in [0.25, 0.3) is 0 Å². The number of fused-ring (bicyclic) bond motifs is 3. The molecule has 0 radical (unpaired) electrons. The average Bonchev–Trinajstić information content (AvgIpc) is 3.01. The van der Waals surface area contributed by atoms with E-state index in [4.69, 9.17) is 4.42 Å². The minimum absolute atomic E-state index is 0.0105. The van der Waals surface area contributed by atoms with Crippen LogP contribution in [0.5, 0.6) is 0 Å². The van der Waals surface area contributed by atoms with Crippen LogP contribution in [-0.4, -0.2) is 17.9 Å². The van der Waals surface area contributed by atoms with Gasteiger partial charge in [0.15, 0.2) is 17.9 Å². The highest BCUT2D eigenvalue weighted by Gasteiger charge is 2.51. The van der Waals surface area contributed by atoms with E-state index in [9.17, 15) is 14.4 Å². The summed E-state index contributed by atoms with van der Waals surface area (Å²) in [6, 6.07) is 0. The quantitative estimate of drug-likeness (QED) is 0.459. The maximum absolute atomic E-state index is 12.4. The van der Waals surface area contributed by atoms with Crippen molar-refractivity contribution in [2.75, 3.05) is 0 Å². The van der Waals surface area contributed by atoms with Crippen LogP contribution in [0.4, 0.5) is 0 Å². The molecule has 1 saturated carbocycles. The van der Waals surface area contributed by atoms with Crippen LogP contribution in [0.3, 0.4) is 0 Å². The van der Waals surface area contributed by atoms with Crippen molar-refractivity contribution in [3.8, 4) is 0 Å². The van der Waals surface area contributed by atoms with Gasteiger partial charge < -0.3 is 4.42 Å². The third-order valence-corrected chi connectivity index (χ3v) is 6.93. The largest absolute Gasteiger partial charge is 0.464 e. The Hall–Kier alpha value is -2.23. The SMILES string of the molecule is CC1(C)CCC[C@]2(C)c3coc(C4=C(C=O)C(=O)C=CC4=O)c3CC[C@@H]12. The second-order valence-electron chi connectivity index (χ2n) is 8.78. The van der Waals surface area contributed by atoms with Crippen molar-refractivity contribution in [3.05, 3.63) is 40.9 Å². The van der Waals surface area contributed by atoms with Gasteiger partial charge in [0.1, 0.15) is 5.76 Å². The molecule has 3 aliphatic rings. The standard InChI is InChI=1S/C22H24O4/c1-21(2)9-4-10-22(3)15-12-26-20(13(15)5-8-18(21)22)19-14(11-23)16(24)6-7-17(19)25/h6-7,11-12,18H,4-5,8-10H2,1-3H3/t18-,22+/m0/s1. The summed E-state index contributed by atoms with van der Waals surface area (Å²) in [5, 5.41) is 0. The Balaban J connectivity index is 1.87. The van der Waals surface area contributed by atoms with Crippen molar-refractivity contribution in [2.45, 2.75) is 58.3 Å². The van der Waals surface area contributed by atoms with Crippen molar-refractivity contribution in [1.29, 1.82) is 0 Å². The normalized spacial score (nSPS) is 30.2. The number of allylic oxidation sites excluding steroid dienone is 4. The van der Waals surface area contributed by atoms with Gasteiger partial charge in [-0.25, -0.2) is 0 Å². The van der Waals surface area contributed by atoms with Crippen molar-refractivity contribution < 1.29 is 18.8 Å². The predicted molar refractivity (Wildman–Crippen MR) is 97.6 cm³/mol. The van der Waals surface area contributed by atoms with Crippen molar-refractivity contribution in [3.63, 3.8) is 0 Å². The van der Waals surface area contributed by atoms with E-state index in [1.165, 1.54) is 18.9 Å². The third-order valence-electron chi connectivity index (χ3n) is 6.93. The number of carbonyl (C=O) groups excluding carboxylic acids is 3. The number of rotatable bonds is 2. The highest BCUT2D eigenvalue weighted by atomic mass is 16.3. The molecule has 4 rings (SSSR count). The fraction of sp³-hybridized carbons (Fsp3) is 0.500. The molecular formula is C22H24O4. The molecule has 4 nitrogen and oxygen atoms in total. The second-order valence-corrected chi connectivity index (χ2v) is 8.78. The van der Waals surface area contributed by atoms with E-state index in [0.29, 0.717) is 18.0 Å². The summed E-state index contributed by atoms with van der Waals surface area (Å²) in [6.07, 6.45) is 9.97. The molecule has 2 atom stereocenters. The number of hydrogen-bond donors (Lipinski definition) is 0. The summed E-state index contributed by atoms with van der Waals surface area (Å²) in [7, 11) is 0. The Kier molecular flexibility index (Phi) is 3.73. The first-order chi connectivity index (χ1) is 12.3. The summed E-state index contributed by atoms with van der Waals surface area (Å²) in [4.78, 5) is 36.0. The lowest BCUT2D eigenvalue weighted by Crippen LogP contribution is -2.47. The van der Waals surface area contributed by atoms with Gasteiger partial charge in [0.05, 0.1) is 17.4 Å². The molecule has 1 aromatic rings. The van der Waals surface area contributed by atoms with Gasteiger partial charge in [0, 0.05) is 11.1 Å². The first-order valence-corrected chi connectivity index (χ1v) is 9.37. The van der Waals surface area contributed by atoms with Gasteiger partial charge in [-0.1, -0.05) is 27.2 Å². The molecule has 0 bridgehead atoms. The average molecular weight is 352 g/mol. The first-order valence-electron chi connectivity index (χ1n) is 9.37. The van der Waals surface area contributed by atoms with E-state index in [1.807, 2.05) is 0 Å². The molecule has 1 fully saturated rings. The third kappa shape index (κ3) is 2.24. The minimum Gasteiger partial charge on any atom is -0.464 e. The number of furan rings is 1. The van der Waals surface area contributed by atoms with Gasteiger partial charge in [-0.2, -0.15) is 0 Å². The molecule has 0 saturated heterocycles. The Labute approximate surface area is 153 Å². The molecule has 26 heavy (non-hydrogen) atoms. The topological polar surface area (TPSA) is 64.3 Å². The summed E-state index contributed by atoms with van der Waals surface area (Å²) >= 11 is 0. The molecule has 0 amide bonds.